The number of rotatable bonds is 4. The van der Waals surface area contributed by atoms with E-state index in [1.165, 1.54) is 30.6 Å². The molecule has 2 fully saturated rings. The maximum absolute atomic E-state index is 12.4. The average molecular weight is 307 g/mol. The minimum Gasteiger partial charge on any atom is -0.329 e. The zero-order valence-electron chi connectivity index (χ0n) is 12.9. The fourth-order valence-electron chi connectivity index (χ4n) is 3.98. The van der Waals surface area contributed by atoms with E-state index in [9.17, 15) is 13.2 Å². The summed E-state index contributed by atoms with van der Waals surface area (Å²) in [5.41, 5.74) is 5.98. The second-order valence-corrected chi connectivity index (χ2v) is 6.76. The molecule has 3 nitrogen and oxygen atoms in total. The molecule has 0 amide bonds. The molecule has 3 atom stereocenters. The second kappa shape index (κ2) is 7.29. The molecule has 1 aliphatic heterocycles. The Kier molecular flexibility index (Phi) is 5.91. The standard InChI is InChI=1S/C15H28F3N3/c1-12-3-2-4-13(9-12)14(10-19)21-7-5-20(6-8-21)11-15(16,17)18/h12-14H,2-11,19H2,1H3. The largest absolute Gasteiger partial charge is 0.401 e. The first-order valence-electron chi connectivity index (χ1n) is 8.12. The number of hydrogen-bond acceptors (Lipinski definition) is 3. The van der Waals surface area contributed by atoms with E-state index < -0.39 is 12.7 Å². The van der Waals surface area contributed by atoms with Crippen molar-refractivity contribution in [1.82, 2.24) is 9.80 Å². The highest BCUT2D eigenvalue weighted by molar-refractivity contribution is 4.87. The van der Waals surface area contributed by atoms with Crippen molar-refractivity contribution in [3.05, 3.63) is 0 Å². The maximum Gasteiger partial charge on any atom is 0.401 e. The van der Waals surface area contributed by atoms with E-state index in [2.05, 4.69) is 11.8 Å². The number of halogens is 3. The minimum atomic E-state index is -4.09. The molecule has 1 aliphatic carbocycles. The first-order chi connectivity index (χ1) is 9.89. The Balaban J connectivity index is 1.84. The van der Waals surface area contributed by atoms with Crippen molar-refractivity contribution in [3.63, 3.8) is 0 Å². The second-order valence-electron chi connectivity index (χ2n) is 6.76. The van der Waals surface area contributed by atoms with E-state index in [-0.39, 0.29) is 0 Å². The van der Waals surface area contributed by atoms with Crippen LogP contribution in [-0.2, 0) is 0 Å². The average Bonchev–Trinajstić information content (AvgIpc) is 2.40. The van der Waals surface area contributed by atoms with Crippen LogP contribution in [0.1, 0.15) is 32.6 Å². The minimum absolute atomic E-state index is 0.348. The molecule has 21 heavy (non-hydrogen) atoms. The SMILES string of the molecule is CC1CCCC(C(CN)N2CCN(CC(F)(F)F)CC2)C1. The van der Waals surface area contributed by atoms with E-state index in [4.69, 9.17) is 5.73 Å². The van der Waals surface area contributed by atoms with Gasteiger partial charge in [-0.25, -0.2) is 0 Å². The number of nitrogens with two attached hydrogens (primary N) is 1. The number of nitrogens with zero attached hydrogens (tertiary/aromatic N) is 2. The van der Waals surface area contributed by atoms with Gasteiger partial charge in [0, 0.05) is 38.8 Å². The first-order valence-corrected chi connectivity index (χ1v) is 8.12. The van der Waals surface area contributed by atoms with Crippen molar-refractivity contribution in [2.24, 2.45) is 17.6 Å². The lowest BCUT2D eigenvalue weighted by Crippen LogP contribution is -2.56. The Labute approximate surface area is 125 Å². The molecular weight excluding hydrogens is 279 g/mol. The maximum atomic E-state index is 12.4. The lowest BCUT2D eigenvalue weighted by Gasteiger charge is -2.43. The van der Waals surface area contributed by atoms with Crippen molar-refractivity contribution < 1.29 is 13.2 Å². The van der Waals surface area contributed by atoms with Gasteiger partial charge in [-0.15, -0.1) is 0 Å². The Hall–Kier alpha value is -0.330. The van der Waals surface area contributed by atoms with Crippen molar-refractivity contribution in [2.75, 3.05) is 39.3 Å². The predicted octanol–water partition coefficient (Wildman–Crippen LogP) is 2.32. The van der Waals surface area contributed by atoms with Crippen LogP contribution in [0.4, 0.5) is 13.2 Å². The van der Waals surface area contributed by atoms with Crippen LogP contribution >= 0.6 is 0 Å². The van der Waals surface area contributed by atoms with Gasteiger partial charge in [-0.3, -0.25) is 9.80 Å². The van der Waals surface area contributed by atoms with Gasteiger partial charge in [-0.1, -0.05) is 19.8 Å². The van der Waals surface area contributed by atoms with Crippen LogP contribution in [0, 0.1) is 11.8 Å². The van der Waals surface area contributed by atoms with Crippen molar-refractivity contribution >= 4 is 0 Å². The Morgan fingerprint density at radius 1 is 1.14 bits per heavy atom. The smallest absolute Gasteiger partial charge is 0.329 e. The summed E-state index contributed by atoms with van der Waals surface area (Å²) in [5, 5.41) is 0. The zero-order valence-corrected chi connectivity index (χ0v) is 12.9. The van der Waals surface area contributed by atoms with Gasteiger partial charge in [0.15, 0.2) is 0 Å². The van der Waals surface area contributed by atoms with Crippen LogP contribution < -0.4 is 5.73 Å². The lowest BCUT2D eigenvalue weighted by atomic mass is 9.78. The van der Waals surface area contributed by atoms with Crippen molar-refractivity contribution in [1.29, 1.82) is 0 Å². The predicted molar refractivity (Wildman–Crippen MR) is 78.0 cm³/mol. The van der Waals surface area contributed by atoms with Gasteiger partial charge >= 0.3 is 6.18 Å². The van der Waals surface area contributed by atoms with Crippen molar-refractivity contribution in [3.8, 4) is 0 Å². The number of hydrogen-bond donors (Lipinski definition) is 1. The van der Waals surface area contributed by atoms with Crippen LogP contribution in [0.15, 0.2) is 0 Å². The van der Waals surface area contributed by atoms with Crippen LogP contribution in [0.3, 0.4) is 0 Å². The van der Waals surface area contributed by atoms with Gasteiger partial charge in [0.05, 0.1) is 6.54 Å². The third-order valence-electron chi connectivity index (χ3n) is 5.04. The van der Waals surface area contributed by atoms with E-state index >= 15 is 0 Å². The van der Waals surface area contributed by atoms with E-state index in [1.54, 1.807) is 0 Å². The van der Waals surface area contributed by atoms with Gasteiger partial charge in [-0.05, 0) is 24.7 Å². The molecule has 124 valence electrons. The molecule has 2 aliphatic rings. The van der Waals surface area contributed by atoms with E-state index in [0.717, 1.165) is 5.92 Å². The summed E-state index contributed by atoms with van der Waals surface area (Å²) in [6, 6.07) is 0.348. The summed E-state index contributed by atoms with van der Waals surface area (Å²) in [6.07, 6.45) is 0.900. The van der Waals surface area contributed by atoms with Crippen molar-refractivity contribution in [2.45, 2.75) is 44.8 Å². The third kappa shape index (κ3) is 5.11. The quantitative estimate of drug-likeness (QED) is 0.865. The summed E-state index contributed by atoms with van der Waals surface area (Å²) in [5.74, 6) is 1.37. The summed E-state index contributed by atoms with van der Waals surface area (Å²) in [7, 11) is 0. The van der Waals surface area contributed by atoms with Gasteiger partial charge in [0.2, 0.25) is 0 Å². The van der Waals surface area contributed by atoms with Crippen LogP contribution in [-0.4, -0.2) is 61.3 Å². The monoisotopic (exact) mass is 307 g/mol. The molecule has 1 saturated carbocycles. The lowest BCUT2D eigenvalue weighted by molar-refractivity contribution is -0.150. The fourth-order valence-corrected chi connectivity index (χ4v) is 3.98. The molecule has 3 unspecified atom stereocenters. The van der Waals surface area contributed by atoms with E-state index in [1.807, 2.05) is 0 Å². The summed E-state index contributed by atoms with van der Waals surface area (Å²) in [4.78, 5) is 3.84. The fraction of sp³-hybridized carbons (Fsp3) is 1.00. The molecule has 6 heteroatoms. The molecule has 0 aromatic rings. The van der Waals surface area contributed by atoms with Crippen LogP contribution in [0.5, 0.6) is 0 Å². The molecule has 0 aromatic heterocycles. The Bertz CT molecular complexity index is 314. The highest BCUT2D eigenvalue weighted by atomic mass is 19.4. The van der Waals surface area contributed by atoms with Crippen LogP contribution in [0.25, 0.3) is 0 Å². The first kappa shape index (κ1) is 17.0. The van der Waals surface area contributed by atoms with E-state index in [0.29, 0.717) is 44.7 Å². The molecule has 2 N–H and O–H groups in total. The normalized spacial score (nSPS) is 31.3. The molecule has 0 radical (unpaired) electrons. The van der Waals surface area contributed by atoms with Crippen LogP contribution in [0.2, 0.25) is 0 Å². The molecule has 0 spiro atoms. The third-order valence-corrected chi connectivity index (χ3v) is 5.04. The highest BCUT2D eigenvalue weighted by Crippen LogP contribution is 2.32. The summed E-state index contributed by atoms with van der Waals surface area (Å²) in [6.45, 7) is 4.55. The molecule has 0 bridgehead atoms. The van der Waals surface area contributed by atoms with Gasteiger partial charge in [-0.2, -0.15) is 13.2 Å². The highest BCUT2D eigenvalue weighted by Gasteiger charge is 2.35. The molecular formula is C15H28F3N3. The zero-order chi connectivity index (χ0) is 15.5. The molecule has 1 saturated heterocycles. The Morgan fingerprint density at radius 3 is 2.33 bits per heavy atom. The molecule has 0 aromatic carbocycles. The molecule has 2 rings (SSSR count). The summed E-state index contributed by atoms with van der Waals surface area (Å²) >= 11 is 0. The van der Waals surface area contributed by atoms with Gasteiger partial charge in [0.1, 0.15) is 0 Å². The summed E-state index contributed by atoms with van der Waals surface area (Å²) < 4.78 is 37.3. The number of piperazine rings is 1. The topological polar surface area (TPSA) is 32.5 Å². The molecule has 1 heterocycles. The van der Waals surface area contributed by atoms with Gasteiger partial charge in [0.25, 0.3) is 0 Å². The number of alkyl halides is 3. The Morgan fingerprint density at radius 2 is 1.81 bits per heavy atom. The van der Waals surface area contributed by atoms with Gasteiger partial charge < -0.3 is 5.73 Å².